The second-order valence-corrected chi connectivity index (χ2v) is 8.29. The zero-order valence-corrected chi connectivity index (χ0v) is 11.3. The Bertz CT molecular complexity index is 108. The molecule has 0 fully saturated rings. The Hall–Kier alpha value is 0.177. The number of hydrogen-bond donors (Lipinski definition) is 0. The quantitative estimate of drug-likeness (QED) is 0.518. The van der Waals surface area contributed by atoms with E-state index in [4.69, 9.17) is 4.43 Å². The lowest BCUT2D eigenvalue weighted by molar-refractivity contribution is 0.301. The predicted octanol–water partition coefficient (Wildman–Crippen LogP) is 4.40. The Morgan fingerprint density at radius 1 is 0.929 bits per heavy atom. The van der Waals surface area contributed by atoms with Crippen molar-refractivity contribution in [3.05, 3.63) is 6.92 Å². The lowest BCUT2D eigenvalue weighted by Crippen LogP contribution is -2.38. The van der Waals surface area contributed by atoms with Crippen LogP contribution in [0, 0.1) is 6.92 Å². The highest BCUT2D eigenvalue weighted by Gasteiger charge is 2.31. The average Bonchev–Trinajstić information content (AvgIpc) is 2.16. The Labute approximate surface area is 91.4 Å². The largest absolute Gasteiger partial charge is 0.417 e. The second-order valence-electron chi connectivity index (χ2n) is 4.14. The molecule has 0 aliphatic heterocycles. The van der Waals surface area contributed by atoms with Gasteiger partial charge in [-0.1, -0.05) is 47.0 Å². The van der Waals surface area contributed by atoms with Gasteiger partial charge in [0, 0.05) is 6.61 Å². The monoisotopic (exact) mass is 215 g/mol. The normalized spacial score (nSPS) is 12.0. The van der Waals surface area contributed by atoms with Gasteiger partial charge in [-0.25, -0.2) is 0 Å². The first-order chi connectivity index (χ1) is 6.74. The summed E-state index contributed by atoms with van der Waals surface area (Å²) in [7, 11) is -1.36. The van der Waals surface area contributed by atoms with E-state index in [-0.39, 0.29) is 0 Å². The van der Waals surface area contributed by atoms with Gasteiger partial charge in [-0.05, 0) is 24.6 Å². The van der Waals surface area contributed by atoms with Gasteiger partial charge in [0.2, 0.25) is 0 Å². The maximum absolute atomic E-state index is 6.18. The van der Waals surface area contributed by atoms with E-state index in [9.17, 15) is 0 Å². The lowest BCUT2D eigenvalue weighted by atomic mass is 10.5. The van der Waals surface area contributed by atoms with Crippen LogP contribution in [0.5, 0.6) is 0 Å². The van der Waals surface area contributed by atoms with Crippen molar-refractivity contribution in [1.29, 1.82) is 0 Å². The van der Waals surface area contributed by atoms with E-state index in [2.05, 4.69) is 27.7 Å². The molecule has 0 aliphatic rings. The first-order valence-electron chi connectivity index (χ1n) is 6.17. The Balaban J connectivity index is 4.21. The third kappa shape index (κ3) is 5.16. The van der Waals surface area contributed by atoms with Gasteiger partial charge in [0.15, 0.2) is 8.32 Å². The predicted molar refractivity (Wildman–Crippen MR) is 67.0 cm³/mol. The summed E-state index contributed by atoms with van der Waals surface area (Å²) in [6.45, 7) is 11.6. The Kier molecular flexibility index (Phi) is 8.59. The minimum absolute atomic E-state index is 0.881. The van der Waals surface area contributed by atoms with E-state index in [0.717, 1.165) is 13.0 Å². The van der Waals surface area contributed by atoms with Crippen LogP contribution in [-0.4, -0.2) is 14.9 Å². The summed E-state index contributed by atoms with van der Waals surface area (Å²) in [5.41, 5.74) is 0. The van der Waals surface area contributed by atoms with Crippen molar-refractivity contribution in [2.24, 2.45) is 0 Å². The van der Waals surface area contributed by atoms with Gasteiger partial charge in [-0.15, -0.1) is 0 Å². The zero-order chi connectivity index (χ0) is 10.9. The summed E-state index contributed by atoms with van der Waals surface area (Å²) in [5, 5.41) is 0. The molecule has 0 aliphatic carbocycles. The summed E-state index contributed by atoms with van der Waals surface area (Å²) < 4.78 is 6.18. The highest BCUT2D eigenvalue weighted by molar-refractivity contribution is 6.73. The van der Waals surface area contributed by atoms with Crippen LogP contribution < -0.4 is 0 Å². The molecule has 0 spiro atoms. The van der Waals surface area contributed by atoms with E-state index in [1.165, 1.54) is 37.4 Å². The van der Waals surface area contributed by atoms with Crippen molar-refractivity contribution in [1.82, 2.24) is 0 Å². The van der Waals surface area contributed by atoms with Crippen LogP contribution in [-0.2, 0) is 4.43 Å². The average molecular weight is 215 g/mol. The van der Waals surface area contributed by atoms with Crippen molar-refractivity contribution >= 4 is 8.32 Å². The molecule has 0 saturated carbocycles. The molecule has 0 aromatic rings. The third-order valence-electron chi connectivity index (χ3n) is 2.67. The third-order valence-corrected chi connectivity index (χ3v) is 7.72. The molecule has 0 saturated heterocycles. The molecule has 0 rings (SSSR count). The fraction of sp³-hybridized carbons (Fsp3) is 0.917. The Morgan fingerprint density at radius 3 is 1.64 bits per heavy atom. The fourth-order valence-electron chi connectivity index (χ4n) is 2.25. The standard InChI is InChI=1S/C12H27OSi/c1-5-9-13-14(10-6-2,11-7-3)12-8-4/h1,5-12H2,2-4H3. The molecule has 2 heteroatoms. The van der Waals surface area contributed by atoms with Crippen molar-refractivity contribution in [2.45, 2.75) is 64.6 Å². The molecule has 1 nitrogen and oxygen atoms in total. The van der Waals surface area contributed by atoms with Crippen molar-refractivity contribution in [2.75, 3.05) is 6.61 Å². The van der Waals surface area contributed by atoms with Crippen LogP contribution in [0.3, 0.4) is 0 Å². The van der Waals surface area contributed by atoms with Crippen molar-refractivity contribution in [3.63, 3.8) is 0 Å². The molecule has 85 valence electrons. The minimum Gasteiger partial charge on any atom is -0.417 e. The maximum atomic E-state index is 6.18. The van der Waals surface area contributed by atoms with E-state index in [1.807, 2.05) is 0 Å². The van der Waals surface area contributed by atoms with Gasteiger partial charge >= 0.3 is 0 Å². The van der Waals surface area contributed by atoms with Gasteiger partial charge in [0.1, 0.15) is 0 Å². The maximum Gasteiger partial charge on any atom is 0.192 e. The number of hydrogen-bond acceptors (Lipinski definition) is 1. The molecule has 0 unspecified atom stereocenters. The Morgan fingerprint density at radius 2 is 1.36 bits per heavy atom. The van der Waals surface area contributed by atoms with Gasteiger partial charge < -0.3 is 4.43 Å². The van der Waals surface area contributed by atoms with Crippen molar-refractivity contribution in [3.8, 4) is 0 Å². The first-order valence-corrected chi connectivity index (χ1v) is 8.70. The van der Waals surface area contributed by atoms with Crippen molar-refractivity contribution < 1.29 is 4.43 Å². The molecule has 1 radical (unpaired) electrons. The molecule has 0 amide bonds. The summed E-state index contributed by atoms with van der Waals surface area (Å²) in [4.78, 5) is 0. The molecule has 0 atom stereocenters. The van der Waals surface area contributed by atoms with Crippen LogP contribution in [0.4, 0.5) is 0 Å². The molecule has 0 bridgehead atoms. The minimum atomic E-state index is -1.36. The molecule has 0 N–H and O–H groups in total. The highest BCUT2D eigenvalue weighted by atomic mass is 28.4. The van der Waals surface area contributed by atoms with Gasteiger partial charge in [0.25, 0.3) is 0 Å². The van der Waals surface area contributed by atoms with Crippen LogP contribution in [0.15, 0.2) is 0 Å². The molecular weight excluding hydrogens is 188 g/mol. The van der Waals surface area contributed by atoms with E-state index in [1.54, 1.807) is 0 Å². The molecule has 0 aromatic heterocycles. The summed E-state index contributed by atoms with van der Waals surface area (Å²) in [6.07, 6.45) is 4.77. The van der Waals surface area contributed by atoms with E-state index >= 15 is 0 Å². The van der Waals surface area contributed by atoms with Crippen LogP contribution >= 0.6 is 0 Å². The van der Waals surface area contributed by atoms with Crippen LogP contribution in [0.1, 0.15) is 46.5 Å². The second kappa shape index (κ2) is 8.48. The summed E-state index contributed by atoms with van der Waals surface area (Å²) >= 11 is 0. The molecule has 0 aromatic carbocycles. The SMILES string of the molecule is [CH2]CCO[Si](CCC)(CCC)CCC. The van der Waals surface area contributed by atoms with Crippen LogP contribution in [0.2, 0.25) is 18.1 Å². The van der Waals surface area contributed by atoms with E-state index < -0.39 is 8.32 Å². The fourth-order valence-corrected chi connectivity index (χ4v) is 6.74. The van der Waals surface area contributed by atoms with Gasteiger partial charge in [-0.3, -0.25) is 0 Å². The molecule has 14 heavy (non-hydrogen) atoms. The first kappa shape index (κ1) is 14.2. The summed E-state index contributed by atoms with van der Waals surface area (Å²) in [6, 6.07) is 4.03. The van der Waals surface area contributed by atoms with Crippen LogP contribution in [0.25, 0.3) is 0 Å². The van der Waals surface area contributed by atoms with E-state index in [0.29, 0.717) is 0 Å². The topological polar surface area (TPSA) is 9.23 Å². The zero-order valence-electron chi connectivity index (χ0n) is 10.3. The smallest absolute Gasteiger partial charge is 0.192 e. The number of rotatable bonds is 9. The molecule has 0 heterocycles. The van der Waals surface area contributed by atoms with Gasteiger partial charge in [-0.2, -0.15) is 0 Å². The van der Waals surface area contributed by atoms with Gasteiger partial charge in [0.05, 0.1) is 0 Å². The molecular formula is C12H27OSi. The highest BCUT2D eigenvalue weighted by Crippen LogP contribution is 2.27. The summed E-state index contributed by atoms with van der Waals surface area (Å²) in [5.74, 6) is 0. The lowest BCUT2D eigenvalue weighted by Gasteiger charge is -2.30.